The molecule has 0 aliphatic heterocycles. The lowest BCUT2D eigenvalue weighted by atomic mass is 10.1. The van der Waals surface area contributed by atoms with Crippen molar-refractivity contribution in [3.05, 3.63) is 35.9 Å². The Morgan fingerprint density at radius 3 is 2.47 bits per heavy atom. The van der Waals surface area contributed by atoms with Gasteiger partial charge in [0.05, 0.1) is 24.7 Å². The molecular formula is C14H18FN3O. The number of methoxy groups -OCH3 is 1. The predicted molar refractivity (Wildman–Crippen MR) is 74.5 cm³/mol. The van der Waals surface area contributed by atoms with Gasteiger partial charge in [-0.15, -0.1) is 0 Å². The SMILES string of the molecule is CC.COc1ccc(-c2cnc(N)c(C)n2)cc1F. The zero-order valence-electron chi connectivity index (χ0n) is 11.6. The highest BCUT2D eigenvalue weighted by Crippen LogP contribution is 2.24. The number of aromatic nitrogens is 2. The first-order valence-electron chi connectivity index (χ1n) is 6.05. The van der Waals surface area contributed by atoms with Gasteiger partial charge in [-0.3, -0.25) is 0 Å². The lowest BCUT2D eigenvalue weighted by molar-refractivity contribution is 0.386. The number of nitrogens with zero attached hydrogens (tertiary/aromatic N) is 2. The van der Waals surface area contributed by atoms with E-state index in [0.29, 0.717) is 22.8 Å². The van der Waals surface area contributed by atoms with Crippen LogP contribution >= 0.6 is 0 Å². The minimum absolute atomic E-state index is 0.203. The van der Waals surface area contributed by atoms with Crippen LogP contribution in [0.1, 0.15) is 19.5 Å². The Bertz CT molecular complexity index is 558. The van der Waals surface area contributed by atoms with E-state index in [4.69, 9.17) is 10.5 Å². The molecule has 1 aromatic carbocycles. The van der Waals surface area contributed by atoms with Gasteiger partial charge in [-0.05, 0) is 25.1 Å². The molecule has 0 bridgehead atoms. The molecule has 1 heterocycles. The molecule has 2 rings (SSSR count). The molecule has 0 aliphatic rings. The Morgan fingerprint density at radius 2 is 1.95 bits per heavy atom. The van der Waals surface area contributed by atoms with E-state index in [1.165, 1.54) is 19.4 Å². The summed E-state index contributed by atoms with van der Waals surface area (Å²) in [6.07, 6.45) is 1.52. The maximum absolute atomic E-state index is 13.5. The van der Waals surface area contributed by atoms with Crippen molar-refractivity contribution in [3.63, 3.8) is 0 Å². The fourth-order valence-electron chi connectivity index (χ4n) is 1.46. The maximum atomic E-state index is 13.5. The Hall–Kier alpha value is -2.17. The van der Waals surface area contributed by atoms with Crippen LogP contribution in [0.2, 0.25) is 0 Å². The van der Waals surface area contributed by atoms with E-state index in [0.717, 1.165) is 0 Å². The minimum Gasteiger partial charge on any atom is -0.494 e. The van der Waals surface area contributed by atoms with Gasteiger partial charge in [0.15, 0.2) is 11.6 Å². The molecule has 2 N–H and O–H groups in total. The number of anilines is 1. The molecule has 19 heavy (non-hydrogen) atoms. The van der Waals surface area contributed by atoms with Crippen molar-refractivity contribution in [1.29, 1.82) is 0 Å². The molecule has 0 atom stereocenters. The molecule has 0 aliphatic carbocycles. The van der Waals surface area contributed by atoms with E-state index < -0.39 is 5.82 Å². The summed E-state index contributed by atoms with van der Waals surface area (Å²) in [7, 11) is 1.42. The predicted octanol–water partition coefficient (Wildman–Crippen LogP) is 3.21. The molecule has 0 saturated carbocycles. The Kier molecular flexibility index (Phi) is 5.23. The molecular weight excluding hydrogens is 245 g/mol. The van der Waals surface area contributed by atoms with Gasteiger partial charge in [0, 0.05) is 5.56 Å². The molecule has 1 aromatic heterocycles. The van der Waals surface area contributed by atoms with Crippen LogP contribution in [0.3, 0.4) is 0 Å². The summed E-state index contributed by atoms with van der Waals surface area (Å²) in [5.74, 6) is 0.151. The second-order valence-corrected chi connectivity index (χ2v) is 3.58. The molecule has 0 amide bonds. The van der Waals surface area contributed by atoms with Gasteiger partial charge in [0.2, 0.25) is 0 Å². The number of halogens is 1. The van der Waals surface area contributed by atoms with Gasteiger partial charge >= 0.3 is 0 Å². The monoisotopic (exact) mass is 263 g/mol. The van der Waals surface area contributed by atoms with E-state index in [1.807, 2.05) is 13.8 Å². The normalized spacial score (nSPS) is 9.53. The molecule has 5 heteroatoms. The van der Waals surface area contributed by atoms with E-state index >= 15 is 0 Å². The summed E-state index contributed by atoms with van der Waals surface area (Å²) < 4.78 is 18.4. The summed E-state index contributed by atoms with van der Waals surface area (Å²) in [5, 5.41) is 0. The lowest BCUT2D eigenvalue weighted by Gasteiger charge is -2.06. The van der Waals surface area contributed by atoms with E-state index in [9.17, 15) is 4.39 Å². The molecule has 0 fully saturated rings. The van der Waals surface area contributed by atoms with Crippen molar-refractivity contribution >= 4 is 5.82 Å². The van der Waals surface area contributed by atoms with Crippen molar-refractivity contribution in [2.45, 2.75) is 20.8 Å². The number of ether oxygens (including phenoxy) is 1. The second-order valence-electron chi connectivity index (χ2n) is 3.58. The molecule has 4 nitrogen and oxygen atoms in total. The van der Waals surface area contributed by atoms with Crippen molar-refractivity contribution in [1.82, 2.24) is 9.97 Å². The zero-order chi connectivity index (χ0) is 14.4. The minimum atomic E-state index is -0.429. The van der Waals surface area contributed by atoms with Crippen LogP contribution in [0.4, 0.5) is 10.2 Å². The van der Waals surface area contributed by atoms with E-state index in [-0.39, 0.29) is 5.75 Å². The van der Waals surface area contributed by atoms with Crippen molar-refractivity contribution in [3.8, 4) is 17.0 Å². The summed E-state index contributed by atoms with van der Waals surface area (Å²) in [6, 6.07) is 4.64. The maximum Gasteiger partial charge on any atom is 0.165 e. The number of aryl methyl sites for hydroxylation is 1. The molecule has 0 spiro atoms. The third kappa shape index (κ3) is 3.40. The summed E-state index contributed by atoms with van der Waals surface area (Å²) in [5.41, 5.74) is 7.42. The first kappa shape index (κ1) is 14.9. The Morgan fingerprint density at radius 1 is 1.26 bits per heavy atom. The van der Waals surface area contributed by atoms with Gasteiger partial charge < -0.3 is 10.5 Å². The van der Waals surface area contributed by atoms with E-state index in [1.54, 1.807) is 19.1 Å². The van der Waals surface area contributed by atoms with Gasteiger partial charge in [0.1, 0.15) is 5.82 Å². The molecule has 102 valence electrons. The number of rotatable bonds is 2. The summed E-state index contributed by atoms with van der Waals surface area (Å²) in [6.45, 7) is 5.76. The van der Waals surface area contributed by atoms with Gasteiger partial charge in [-0.1, -0.05) is 13.8 Å². The third-order valence-corrected chi connectivity index (χ3v) is 2.43. The van der Waals surface area contributed by atoms with Crippen LogP contribution in [-0.2, 0) is 0 Å². The fourth-order valence-corrected chi connectivity index (χ4v) is 1.46. The van der Waals surface area contributed by atoms with Crippen LogP contribution < -0.4 is 10.5 Å². The Labute approximate surface area is 112 Å². The molecule has 0 unspecified atom stereocenters. The summed E-state index contributed by atoms with van der Waals surface area (Å²) >= 11 is 0. The van der Waals surface area contributed by atoms with Crippen LogP contribution in [0.15, 0.2) is 24.4 Å². The first-order valence-corrected chi connectivity index (χ1v) is 6.05. The smallest absolute Gasteiger partial charge is 0.165 e. The summed E-state index contributed by atoms with van der Waals surface area (Å²) in [4.78, 5) is 8.23. The van der Waals surface area contributed by atoms with E-state index in [2.05, 4.69) is 9.97 Å². The largest absolute Gasteiger partial charge is 0.494 e. The lowest BCUT2D eigenvalue weighted by Crippen LogP contribution is -1.98. The number of hydrogen-bond acceptors (Lipinski definition) is 4. The number of nitrogen functional groups attached to an aromatic ring is 1. The quantitative estimate of drug-likeness (QED) is 0.903. The first-order chi connectivity index (χ1) is 9.11. The standard InChI is InChI=1S/C12H12FN3O.C2H6/c1-7-12(14)15-6-10(16-7)8-3-4-11(17-2)9(13)5-8;1-2/h3-6H,1-2H3,(H2,14,15);1-2H3. The van der Waals surface area contributed by atoms with Crippen molar-refractivity contribution < 1.29 is 9.13 Å². The Balaban J connectivity index is 0.000000861. The average Bonchev–Trinajstić information content (AvgIpc) is 2.44. The van der Waals surface area contributed by atoms with Crippen molar-refractivity contribution in [2.75, 3.05) is 12.8 Å². The van der Waals surface area contributed by atoms with Crippen molar-refractivity contribution in [2.24, 2.45) is 0 Å². The number of hydrogen-bond donors (Lipinski definition) is 1. The molecule has 2 aromatic rings. The third-order valence-electron chi connectivity index (χ3n) is 2.43. The number of benzene rings is 1. The highest BCUT2D eigenvalue weighted by atomic mass is 19.1. The topological polar surface area (TPSA) is 61.0 Å². The molecule has 0 saturated heterocycles. The van der Waals surface area contributed by atoms with Gasteiger partial charge in [-0.25, -0.2) is 14.4 Å². The van der Waals surface area contributed by atoms with Gasteiger partial charge in [0.25, 0.3) is 0 Å². The number of nitrogens with two attached hydrogens (primary N) is 1. The highest BCUT2D eigenvalue weighted by molar-refractivity contribution is 5.60. The van der Waals surface area contributed by atoms with Crippen LogP contribution in [0.25, 0.3) is 11.3 Å². The average molecular weight is 263 g/mol. The zero-order valence-corrected chi connectivity index (χ0v) is 11.6. The van der Waals surface area contributed by atoms with Crippen LogP contribution in [0.5, 0.6) is 5.75 Å². The molecule has 0 radical (unpaired) electrons. The van der Waals surface area contributed by atoms with Crippen LogP contribution in [-0.4, -0.2) is 17.1 Å². The van der Waals surface area contributed by atoms with Crippen LogP contribution in [0, 0.1) is 12.7 Å². The van der Waals surface area contributed by atoms with Gasteiger partial charge in [-0.2, -0.15) is 0 Å². The highest BCUT2D eigenvalue weighted by Gasteiger charge is 2.07. The fraction of sp³-hybridized carbons (Fsp3) is 0.286. The second kappa shape index (κ2) is 6.68.